The Kier molecular flexibility index (Phi) is 6.46. The van der Waals surface area contributed by atoms with Gasteiger partial charge in [-0.05, 0) is 47.9 Å². The summed E-state index contributed by atoms with van der Waals surface area (Å²) in [5.74, 6) is -3.51. The molecule has 1 aromatic heterocycles. The number of benzene rings is 2. The molecule has 5 N–H and O–H groups in total. The number of carbonyl (C=O) groups excluding carboxylic acids is 1. The van der Waals surface area contributed by atoms with E-state index in [4.69, 9.17) is 14.9 Å². The van der Waals surface area contributed by atoms with Gasteiger partial charge in [0.25, 0.3) is 6.10 Å². The van der Waals surface area contributed by atoms with E-state index in [0.717, 1.165) is 0 Å². The highest BCUT2D eigenvalue weighted by molar-refractivity contribution is 7.89. The molecule has 2 aromatic carbocycles. The van der Waals surface area contributed by atoms with Gasteiger partial charge in [0.15, 0.2) is 0 Å². The minimum absolute atomic E-state index is 0.0202. The predicted octanol–water partition coefficient (Wildman–Crippen LogP) is 1.52. The van der Waals surface area contributed by atoms with Crippen molar-refractivity contribution in [2.24, 2.45) is 0 Å². The Labute approximate surface area is 182 Å². The Balaban J connectivity index is 1.71. The van der Waals surface area contributed by atoms with Crippen molar-refractivity contribution in [1.82, 2.24) is 9.71 Å². The van der Waals surface area contributed by atoms with Gasteiger partial charge < -0.3 is 25.3 Å². The second-order valence-electron chi connectivity index (χ2n) is 6.75. The number of aliphatic carboxylic acids is 2. The van der Waals surface area contributed by atoms with Crippen LogP contribution in [0.15, 0.2) is 53.4 Å². The van der Waals surface area contributed by atoms with Gasteiger partial charge in [0, 0.05) is 29.9 Å². The number of carboxylic acids is 2. The SMILES string of the molecule is CC(=O)Nc1ccc(S(=O)(=O)NCc2cc3ccc(OC(C(=O)O)C(=O)O)cc3[nH]2)cc1. The fraction of sp³-hybridized carbons (Fsp3) is 0.150. The van der Waals surface area contributed by atoms with E-state index in [0.29, 0.717) is 22.3 Å². The number of amides is 1. The Bertz CT molecular complexity index is 1270. The molecule has 0 atom stereocenters. The highest BCUT2D eigenvalue weighted by Gasteiger charge is 2.28. The molecule has 0 spiro atoms. The zero-order valence-electron chi connectivity index (χ0n) is 16.7. The molecular formula is C20H19N3O8S. The van der Waals surface area contributed by atoms with Crippen LogP contribution in [0.25, 0.3) is 10.9 Å². The zero-order valence-corrected chi connectivity index (χ0v) is 17.5. The van der Waals surface area contributed by atoms with Crippen LogP contribution in [-0.4, -0.2) is 47.6 Å². The van der Waals surface area contributed by atoms with Gasteiger partial charge in [-0.1, -0.05) is 0 Å². The first-order valence-corrected chi connectivity index (χ1v) is 10.6. The predicted molar refractivity (Wildman–Crippen MR) is 113 cm³/mol. The van der Waals surface area contributed by atoms with E-state index in [-0.39, 0.29) is 23.1 Å². The molecule has 0 radical (unpaired) electrons. The van der Waals surface area contributed by atoms with Crippen molar-refractivity contribution in [3.05, 3.63) is 54.2 Å². The van der Waals surface area contributed by atoms with Gasteiger partial charge in [0.05, 0.1) is 11.4 Å². The number of H-pyrrole nitrogens is 1. The minimum Gasteiger partial charge on any atom is -0.478 e. The molecule has 0 saturated carbocycles. The van der Waals surface area contributed by atoms with Crippen LogP contribution >= 0.6 is 0 Å². The average Bonchev–Trinajstić information content (AvgIpc) is 3.12. The lowest BCUT2D eigenvalue weighted by molar-refractivity contribution is -0.159. The van der Waals surface area contributed by atoms with Crippen LogP contribution in [0.1, 0.15) is 12.6 Å². The third kappa shape index (κ3) is 5.42. The number of aromatic amines is 1. The fourth-order valence-corrected chi connectivity index (χ4v) is 3.86. The van der Waals surface area contributed by atoms with Gasteiger partial charge in [0.1, 0.15) is 5.75 Å². The van der Waals surface area contributed by atoms with Crippen LogP contribution in [0, 0.1) is 0 Å². The average molecular weight is 461 g/mol. The maximum Gasteiger partial charge on any atom is 0.356 e. The second-order valence-corrected chi connectivity index (χ2v) is 8.52. The standard InChI is InChI=1S/C20H19N3O8S/c1-11(24)22-13-3-6-16(7-4-13)32(29,30)21-10-14-8-12-2-5-15(9-17(12)23-14)31-18(19(25)26)20(27)28/h2-9,18,21,23H,10H2,1H3,(H,22,24)(H,25,26)(H,27,28). The number of rotatable bonds is 9. The monoisotopic (exact) mass is 461 g/mol. The summed E-state index contributed by atoms with van der Waals surface area (Å²) in [5, 5.41) is 21.1. The normalized spacial score (nSPS) is 11.4. The van der Waals surface area contributed by atoms with E-state index in [1.165, 1.54) is 43.3 Å². The molecule has 11 nitrogen and oxygen atoms in total. The molecule has 0 unspecified atom stereocenters. The second kappa shape index (κ2) is 9.08. The molecule has 32 heavy (non-hydrogen) atoms. The van der Waals surface area contributed by atoms with Crippen LogP contribution in [-0.2, 0) is 31.0 Å². The van der Waals surface area contributed by atoms with Gasteiger partial charge in [-0.25, -0.2) is 22.7 Å². The van der Waals surface area contributed by atoms with Crippen LogP contribution in [0.3, 0.4) is 0 Å². The molecule has 168 valence electrons. The summed E-state index contributed by atoms with van der Waals surface area (Å²) in [7, 11) is -3.82. The number of hydrogen-bond acceptors (Lipinski definition) is 6. The summed E-state index contributed by atoms with van der Waals surface area (Å²) in [4.78, 5) is 36.0. The molecule has 0 fully saturated rings. The van der Waals surface area contributed by atoms with E-state index in [1.807, 2.05) is 0 Å². The number of anilines is 1. The summed E-state index contributed by atoms with van der Waals surface area (Å²) in [6.45, 7) is 1.28. The molecule has 3 rings (SSSR count). The number of carbonyl (C=O) groups is 3. The number of sulfonamides is 1. The molecule has 12 heteroatoms. The lowest BCUT2D eigenvalue weighted by atomic mass is 10.2. The smallest absolute Gasteiger partial charge is 0.356 e. The highest BCUT2D eigenvalue weighted by Crippen LogP contribution is 2.23. The quantitative estimate of drug-likeness (QED) is 0.298. The van der Waals surface area contributed by atoms with Gasteiger partial charge in [-0.3, -0.25) is 4.79 Å². The summed E-state index contributed by atoms with van der Waals surface area (Å²) in [6, 6.07) is 11.8. The first-order chi connectivity index (χ1) is 15.0. The lowest BCUT2D eigenvalue weighted by Gasteiger charge is -2.10. The highest BCUT2D eigenvalue weighted by atomic mass is 32.2. The van der Waals surface area contributed by atoms with Gasteiger partial charge in [-0.15, -0.1) is 0 Å². The Morgan fingerprint density at radius 3 is 2.28 bits per heavy atom. The van der Waals surface area contributed by atoms with Crippen molar-refractivity contribution in [3.8, 4) is 5.75 Å². The van der Waals surface area contributed by atoms with Gasteiger partial charge in [-0.2, -0.15) is 0 Å². The summed E-state index contributed by atoms with van der Waals surface area (Å²) in [6.07, 6.45) is -2.05. The van der Waals surface area contributed by atoms with E-state index in [9.17, 15) is 22.8 Å². The topological polar surface area (TPSA) is 175 Å². The molecule has 1 heterocycles. The lowest BCUT2D eigenvalue weighted by Crippen LogP contribution is -2.35. The molecule has 0 aliphatic heterocycles. The summed E-state index contributed by atoms with van der Waals surface area (Å²) < 4.78 is 32.5. The molecule has 0 aliphatic rings. The van der Waals surface area contributed by atoms with Crippen LogP contribution in [0.4, 0.5) is 5.69 Å². The maximum absolute atomic E-state index is 12.5. The van der Waals surface area contributed by atoms with Gasteiger partial charge >= 0.3 is 11.9 Å². The van der Waals surface area contributed by atoms with Crippen LogP contribution < -0.4 is 14.8 Å². The molecule has 0 bridgehead atoms. The van der Waals surface area contributed by atoms with Crippen molar-refractivity contribution >= 4 is 44.5 Å². The zero-order chi connectivity index (χ0) is 23.5. The van der Waals surface area contributed by atoms with E-state index >= 15 is 0 Å². The Morgan fingerprint density at radius 1 is 1.03 bits per heavy atom. The number of fused-ring (bicyclic) bond motifs is 1. The molecule has 3 aromatic rings. The van der Waals surface area contributed by atoms with E-state index in [1.54, 1.807) is 12.1 Å². The number of hydrogen-bond donors (Lipinski definition) is 5. The minimum atomic E-state index is -3.82. The fourth-order valence-electron chi connectivity index (χ4n) is 2.85. The third-order valence-electron chi connectivity index (χ3n) is 4.29. The molecular weight excluding hydrogens is 442 g/mol. The summed E-state index contributed by atoms with van der Waals surface area (Å²) >= 11 is 0. The van der Waals surface area contributed by atoms with Gasteiger partial charge in [0.2, 0.25) is 15.9 Å². The largest absolute Gasteiger partial charge is 0.478 e. The Morgan fingerprint density at radius 2 is 1.69 bits per heavy atom. The number of nitrogens with one attached hydrogen (secondary N) is 3. The van der Waals surface area contributed by atoms with Crippen molar-refractivity contribution < 1.29 is 37.8 Å². The number of ether oxygens (including phenoxy) is 1. The van der Waals surface area contributed by atoms with Crippen molar-refractivity contribution in [2.75, 3.05) is 5.32 Å². The number of aromatic nitrogens is 1. The van der Waals surface area contributed by atoms with Crippen molar-refractivity contribution in [3.63, 3.8) is 0 Å². The first-order valence-electron chi connectivity index (χ1n) is 9.16. The Hall–Kier alpha value is -3.90. The van der Waals surface area contributed by atoms with Crippen LogP contribution in [0.2, 0.25) is 0 Å². The van der Waals surface area contributed by atoms with Crippen molar-refractivity contribution in [1.29, 1.82) is 0 Å². The number of carboxylic acid groups (broad SMARTS) is 2. The molecule has 1 amide bonds. The first kappa shape index (κ1) is 22.8. The third-order valence-corrected chi connectivity index (χ3v) is 5.71. The van der Waals surface area contributed by atoms with E-state index in [2.05, 4.69) is 15.0 Å². The molecule has 0 saturated heterocycles. The maximum atomic E-state index is 12.5. The van der Waals surface area contributed by atoms with Crippen molar-refractivity contribution in [2.45, 2.75) is 24.5 Å². The van der Waals surface area contributed by atoms with Crippen LogP contribution in [0.5, 0.6) is 5.75 Å². The van der Waals surface area contributed by atoms with E-state index < -0.39 is 28.1 Å². The summed E-state index contributed by atoms with van der Waals surface area (Å²) in [5.41, 5.74) is 1.49. The molecule has 0 aliphatic carbocycles.